The number of nitrogens with two attached hydrogens (primary N) is 1. The Labute approximate surface area is 125 Å². The van der Waals surface area contributed by atoms with Crippen molar-refractivity contribution in [2.24, 2.45) is 0 Å². The molecule has 4 aromatic rings. The van der Waals surface area contributed by atoms with Gasteiger partial charge in [-0.1, -0.05) is 53.8 Å². The van der Waals surface area contributed by atoms with Crippen molar-refractivity contribution in [3.05, 3.63) is 54.6 Å². The third kappa shape index (κ3) is 2.08. The molecule has 5 heteroatoms. The van der Waals surface area contributed by atoms with E-state index in [1.54, 1.807) is 0 Å². The number of nitrogens with one attached hydrogen (secondary N) is 1. The predicted molar refractivity (Wildman–Crippen MR) is 87.1 cm³/mol. The number of thiazole rings is 1. The third-order valence-electron chi connectivity index (χ3n) is 3.30. The summed E-state index contributed by atoms with van der Waals surface area (Å²) < 4.78 is 0. The number of hydrogen-bond donors (Lipinski definition) is 2. The number of nitrogens with zero attached hydrogens (tertiary/aromatic N) is 2. The first-order valence-electron chi connectivity index (χ1n) is 6.58. The van der Waals surface area contributed by atoms with Crippen LogP contribution < -0.4 is 5.73 Å². The Morgan fingerprint density at radius 3 is 2.48 bits per heavy atom. The summed E-state index contributed by atoms with van der Waals surface area (Å²) in [6, 6.07) is 18.0. The summed E-state index contributed by atoms with van der Waals surface area (Å²) in [5.74, 6) is 0.809. The number of para-hydroxylation sites is 2. The van der Waals surface area contributed by atoms with E-state index in [0.717, 1.165) is 33.0 Å². The van der Waals surface area contributed by atoms with Crippen molar-refractivity contribution < 1.29 is 0 Å². The molecule has 4 nitrogen and oxygen atoms in total. The van der Waals surface area contributed by atoms with E-state index in [9.17, 15) is 0 Å². The molecule has 0 spiro atoms. The predicted octanol–water partition coefficient (Wildman–Crippen LogP) is 3.94. The Hall–Kier alpha value is -2.66. The number of anilines is 1. The van der Waals surface area contributed by atoms with E-state index in [1.165, 1.54) is 11.3 Å². The molecule has 2 aromatic carbocycles. The summed E-state index contributed by atoms with van der Waals surface area (Å²) in [5.41, 5.74) is 9.78. The largest absolute Gasteiger partial charge is 0.375 e. The van der Waals surface area contributed by atoms with E-state index in [-0.39, 0.29) is 0 Å². The van der Waals surface area contributed by atoms with Crippen molar-refractivity contribution in [2.75, 3.05) is 5.73 Å². The van der Waals surface area contributed by atoms with E-state index in [2.05, 4.69) is 15.0 Å². The fourth-order valence-electron chi connectivity index (χ4n) is 2.35. The highest BCUT2D eigenvalue weighted by Gasteiger charge is 2.16. The van der Waals surface area contributed by atoms with Gasteiger partial charge >= 0.3 is 0 Å². The molecule has 0 aliphatic rings. The lowest BCUT2D eigenvalue weighted by Crippen LogP contribution is -1.84. The quantitative estimate of drug-likeness (QED) is 0.588. The van der Waals surface area contributed by atoms with Crippen LogP contribution in [-0.2, 0) is 0 Å². The highest BCUT2D eigenvalue weighted by molar-refractivity contribution is 7.19. The first-order chi connectivity index (χ1) is 10.3. The summed E-state index contributed by atoms with van der Waals surface area (Å²) in [4.78, 5) is 13.4. The van der Waals surface area contributed by atoms with Crippen LogP contribution in [0.15, 0.2) is 54.6 Å². The van der Waals surface area contributed by atoms with Crippen molar-refractivity contribution in [2.45, 2.75) is 0 Å². The van der Waals surface area contributed by atoms with Gasteiger partial charge in [0.2, 0.25) is 0 Å². The van der Waals surface area contributed by atoms with Gasteiger partial charge < -0.3 is 10.7 Å². The first kappa shape index (κ1) is 12.1. The zero-order chi connectivity index (χ0) is 14.2. The molecule has 0 radical (unpaired) electrons. The molecule has 4 rings (SSSR count). The Morgan fingerprint density at radius 1 is 0.905 bits per heavy atom. The number of fused-ring (bicyclic) bond motifs is 1. The minimum atomic E-state index is 0.546. The molecule has 0 atom stereocenters. The van der Waals surface area contributed by atoms with Gasteiger partial charge in [-0.05, 0) is 12.1 Å². The maximum atomic E-state index is 5.91. The normalized spacial score (nSPS) is 11.0. The first-order valence-corrected chi connectivity index (χ1v) is 7.40. The number of benzene rings is 2. The van der Waals surface area contributed by atoms with E-state index in [0.29, 0.717) is 5.13 Å². The molecule has 0 bridgehead atoms. The molecule has 2 heterocycles. The van der Waals surface area contributed by atoms with Crippen LogP contribution in [0, 0.1) is 0 Å². The zero-order valence-electron chi connectivity index (χ0n) is 11.1. The molecule has 102 valence electrons. The van der Waals surface area contributed by atoms with Crippen LogP contribution in [0.4, 0.5) is 5.13 Å². The average molecular weight is 292 g/mol. The van der Waals surface area contributed by atoms with Crippen LogP contribution >= 0.6 is 11.3 Å². The standard InChI is InChI=1S/C16H12N4S/c17-16-20-13(10-6-2-1-3-7-10)14(21-16)15-18-11-8-4-5-9-12(11)19-15/h1-9H,(H2,17,20)(H,18,19). The van der Waals surface area contributed by atoms with Crippen LogP contribution in [0.25, 0.3) is 33.0 Å². The fourth-order valence-corrected chi connectivity index (χ4v) is 3.15. The molecule has 21 heavy (non-hydrogen) atoms. The highest BCUT2D eigenvalue weighted by Crippen LogP contribution is 2.37. The second kappa shape index (κ2) is 4.71. The molecular formula is C16H12N4S. The van der Waals surface area contributed by atoms with Crippen molar-refractivity contribution >= 4 is 27.5 Å². The van der Waals surface area contributed by atoms with Crippen molar-refractivity contribution in [3.8, 4) is 22.0 Å². The minimum Gasteiger partial charge on any atom is -0.375 e. The number of nitrogen functional groups attached to an aromatic ring is 1. The number of imidazole rings is 1. The van der Waals surface area contributed by atoms with Gasteiger partial charge in [-0.3, -0.25) is 0 Å². The molecule has 3 N–H and O–H groups in total. The second-order valence-corrected chi connectivity index (χ2v) is 5.73. The van der Waals surface area contributed by atoms with Gasteiger partial charge in [0.05, 0.1) is 21.6 Å². The molecule has 0 aliphatic carbocycles. The molecule has 0 amide bonds. The van der Waals surface area contributed by atoms with Gasteiger partial charge in [0.15, 0.2) is 11.0 Å². The van der Waals surface area contributed by atoms with Crippen molar-refractivity contribution in [1.29, 1.82) is 0 Å². The number of H-pyrrole nitrogens is 1. The molecule has 0 saturated heterocycles. The lowest BCUT2D eigenvalue weighted by atomic mass is 10.1. The SMILES string of the molecule is Nc1nc(-c2ccccc2)c(-c2nc3ccccc3[nH]2)s1. The summed E-state index contributed by atoms with van der Waals surface area (Å²) in [6.45, 7) is 0. The van der Waals surface area contributed by atoms with E-state index in [1.807, 2.05) is 54.6 Å². The third-order valence-corrected chi connectivity index (χ3v) is 4.19. The van der Waals surface area contributed by atoms with Gasteiger partial charge in [-0.15, -0.1) is 0 Å². The Kier molecular flexibility index (Phi) is 2.72. The lowest BCUT2D eigenvalue weighted by Gasteiger charge is -1.99. The van der Waals surface area contributed by atoms with Gasteiger partial charge in [0.1, 0.15) is 0 Å². The number of aromatic amines is 1. The van der Waals surface area contributed by atoms with Gasteiger partial charge in [-0.2, -0.15) is 0 Å². The number of hydrogen-bond acceptors (Lipinski definition) is 4. The summed E-state index contributed by atoms with van der Waals surface area (Å²) in [7, 11) is 0. The highest BCUT2D eigenvalue weighted by atomic mass is 32.1. The van der Waals surface area contributed by atoms with E-state index < -0.39 is 0 Å². The van der Waals surface area contributed by atoms with E-state index in [4.69, 9.17) is 5.73 Å². The molecule has 0 aliphatic heterocycles. The number of rotatable bonds is 2. The summed E-state index contributed by atoms with van der Waals surface area (Å²) >= 11 is 1.45. The summed E-state index contributed by atoms with van der Waals surface area (Å²) in [6.07, 6.45) is 0. The second-order valence-electron chi connectivity index (χ2n) is 4.70. The van der Waals surface area contributed by atoms with Crippen LogP contribution in [0.1, 0.15) is 0 Å². The monoisotopic (exact) mass is 292 g/mol. The number of aromatic nitrogens is 3. The van der Waals surface area contributed by atoms with Crippen LogP contribution in [0.2, 0.25) is 0 Å². The van der Waals surface area contributed by atoms with Gasteiger partial charge in [-0.25, -0.2) is 9.97 Å². The maximum absolute atomic E-state index is 5.91. The molecular weight excluding hydrogens is 280 g/mol. The maximum Gasteiger partial charge on any atom is 0.181 e. The van der Waals surface area contributed by atoms with Crippen LogP contribution in [0.5, 0.6) is 0 Å². The van der Waals surface area contributed by atoms with Crippen LogP contribution in [0.3, 0.4) is 0 Å². The topological polar surface area (TPSA) is 67.6 Å². The molecule has 2 aromatic heterocycles. The van der Waals surface area contributed by atoms with Crippen LogP contribution in [-0.4, -0.2) is 15.0 Å². The molecule has 0 unspecified atom stereocenters. The molecule has 0 saturated carbocycles. The van der Waals surface area contributed by atoms with E-state index >= 15 is 0 Å². The van der Waals surface area contributed by atoms with Gasteiger partial charge in [0, 0.05) is 5.56 Å². The Balaban J connectivity index is 1.92. The Bertz CT molecular complexity index is 875. The molecule has 0 fully saturated rings. The minimum absolute atomic E-state index is 0.546. The fraction of sp³-hybridized carbons (Fsp3) is 0. The average Bonchev–Trinajstić information content (AvgIpc) is 3.11. The van der Waals surface area contributed by atoms with Gasteiger partial charge in [0.25, 0.3) is 0 Å². The summed E-state index contributed by atoms with van der Waals surface area (Å²) in [5, 5.41) is 0.546. The lowest BCUT2D eigenvalue weighted by molar-refractivity contribution is 1.33. The van der Waals surface area contributed by atoms with Crippen molar-refractivity contribution in [1.82, 2.24) is 15.0 Å². The smallest absolute Gasteiger partial charge is 0.181 e. The van der Waals surface area contributed by atoms with Crippen molar-refractivity contribution in [3.63, 3.8) is 0 Å². The zero-order valence-corrected chi connectivity index (χ0v) is 11.9. The Morgan fingerprint density at radius 2 is 1.67 bits per heavy atom.